The summed E-state index contributed by atoms with van der Waals surface area (Å²) >= 11 is 24.6. The van der Waals surface area contributed by atoms with Gasteiger partial charge in [0.2, 0.25) is 0 Å². The summed E-state index contributed by atoms with van der Waals surface area (Å²) < 4.78 is 12.9. The summed E-state index contributed by atoms with van der Waals surface area (Å²) in [5, 5.41) is 8.95. The molecule has 0 atom stereocenters. The van der Waals surface area contributed by atoms with E-state index in [2.05, 4.69) is 10.4 Å². The zero-order valence-electron chi connectivity index (χ0n) is 17.2. The maximum absolute atomic E-state index is 12.6. The number of benzene rings is 2. The zero-order valence-corrected chi connectivity index (χ0v) is 20.3. The third kappa shape index (κ3) is 5.47. The molecule has 1 N–H and O–H groups in total. The number of nitrogens with one attached hydrogen (secondary N) is 1. The molecular weight excluding hydrogens is 508 g/mol. The molecule has 0 aliphatic rings. The van der Waals surface area contributed by atoms with Crippen LogP contribution in [0.25, 0.3) is 0 Å². The molecule has 0 aliphatic carbocycles. The Kier molecular flexibility index (Phi) is 7.20. The van der Waals surface area contributed by atoms with Gasteiger partial charge >= 0.3 is 0 Å². The third-order valence-electron chi connectivity index (χ3n) is 4.76. The normalized spacial score (nSPS) is 10.9. The number of anilines is 1. The van der Waals surface area contributed by atoms with E-state index in [-0.39, 0.29) is 12.4 Å². The van der Waals surface area contributed by atoms with E-state index in [1.54, 1.807) is 59.3 Å². The van der Waals surface area contributed by atoms with Gasteiger partial charge in [0.05, 0.1) is 11.6 Å². The lowest BCUT2D eigenvalue weighted by Gasteiger charge is -2.08. The first-order valence-corrected chi connectivity index (χ1v) is 11.3. The van der Waals surface area contributed by atoms with Gasteiger partial charge in [0.1, 0.15) is 23.1 Å². The number of hydrogen-bond donors (Lipinski definition) is 1. The van der Waals surface area contributed by atoms with E-state index < -0.39 is 5.91 Å². The summed E-state index contributed by atoms with van der Waals surface area (Å²) in [4.78, 5) is 12.6. The molecule has 6 nitrogen and oxygen atoms in total. The molecule has 33 heavy (non-hydrogen) atoms. The van der Waals surface area contributed by atoms with Crippen molar-refractivity contribution in [3.05, 3.63) is 97.5 Å². The largest absolute Gasteiger partial charge is 0.484 e. The monoisotopic (exact) mass is 523 g/mol. The second-order valence-electron chi connectivity index (χ2n) is 7.09. The number of rotatable bonds is 7. The van der Waals surface area contributed by atoms with Crippen LogP contribution in [0, 0.1) is 6.92 Å². The first-order valence-electron chi connectivity index (χ1n) is 9.76. The standard InChI is InChI=1S/C23H17Cl4N3O3/c1-13-10-21(29-30(13)11-15-16(24)4-2-5-17(15)25)28-23(31)20-9-8-14(33-20)12-32-19-7-3-6-18(26)22(19)27/h2-10H,11-12H2,1H3,(H,28,29,31). The fourth-order valence-corrected chi connectivity index (χ4v) is 3.93. The average molecular weight is 525 g/mol. The number of aromatic nitrogens is 2. The number of furan rings is 1. The fourth-order valence-electron chi connectivity index (χ4n) is 3.06. The van der Waals surface area contributed by atoms with Gasteiger partial charge in [0, 0.05) is 27.4 Å². The number of aryl methyl sites for hydroxylation is 1. The highest BCUT2D eigenvalue weighted by Crippen LogP contribution is 2.32. The van der Waals surface area contributed by atoms with Crippen LogP contribution in [0.2, 0.25) is 20.1 Å². The number of hydrogen-bond acceptors (Lipinski definition) is 4. The molecular formula is C23H17Cl4N3O3. The van der Waals surface area contributed by atoms with Crippen LogP contribution >= 0.6 is 46.4 Å². The summed E-state index contributed by atoms with van der Waals surface area (Å²) in [6, 6.07) is 15.4. The first-order chi connectivity index (χ1) is 15.8. The number of amides is 1. The Morgan fingerprint density at radius 2 is 1.73 bits per heavy atom. The minimum Gasteiger partial charge on any atom is -0.484 e. The molecule has 170 valence electrons. The molecule has 4 aromatic rings. The minimum absolute atomic E-state index is 0.0830. The molecule has 2 aromatic heterocycles. The number of carbonyl (C=O) groups excluding carboxylic acids is 1. The number of carbonyl (C=O) groups is 1. The summed E-state index contributed by atoms with van der Waals surface area (Å²) in [6.45, 7) is 2.32. The van der Waals surface area contributed by atoms with Gasteiger partial charge in [-0.3, -0.25) is 9.48 Å². The third-order valence-corrected chi connectivity index (χ3v) is 6.27. The summed E-state index contributed by atoms with van der Waals surface area (Å²) in [5.74, 6) is 0.924. The Hall–Kier alpha value is -2.64. The van der Waals surface area contributed by atoms with E-state index in [0.29, 0.717) is 44.0 Å². The summed E-state index contributed by atoms with van der Waals surface area (Å²) in [6.07, 6.45) is 0. The molecule has 0 bridgehead atoms. The van der Waals surface area contributed by atoms with Gasteiger partial charge in [0.25, 0.3) is 5.91 Å². The van der Waals surface area contributed by atoms with E-state index in [4.69, 9.17) is 55.6 Å². The highest BCUT2D eigenvalue weighted by molar-refractivity contribution is 6.42. The molecule has 4 rings (SSSR count). The Morgan fingerprint density at radius 3 is 2.48 bits per heavy atom. The van der Waals surface area contributed by atoms with Gasteiger partial charge in [0.15, 0.2) is 11.6 Å². The molecule has 10 heteroatoms. The van der Waals surface area contributed by atoms with E-state index in [0.717, 1.165) is 11.3 Å². The molecule has 0 radical (unpaired) electrons. The van der Waals surface area contributed by atoms with E-state index in [9.17, 15) is 4.79 Å². The van der Waals surface area contributed by atoms with Crippen LogP contribution in [0.15, 0.2) is 59.0 Å². The second kappa shape index (κ2) is 10.1. The van der Waals surface area contributed by atoms with Gasteiger partial charge in [-0.2, -0.15) is 5.10 Å². The van der Waals surface area contributed by atoms with Crippen molar-refractivity contribution in [1.82, 2.24) is 9.78 Å². The van der Waals surface area contributed by atoms with Gasteiger partial charge in [-0.1, -0.05) is 58.5 Å². The summed E-state index contributed by atoms with van der Waals surface area (Å²) in [7, 11) is 0. The highest BCUT2D eigenvalue weighted by atomic mass is 35.5. The lowest BCUT2D eigenvalue weighted by Crippen LogP contribution is -2.12. The zero-order chi connectivity index (χ0) is 23.5. The van der Waals surface area contributed by atoms with Crippen LogP contribution in [0.5, 0.6) is 5.75 Å². The van der Waals surface area contributed by atoms with E-state index in [1.165, 1.54) is 0 Å². The minimum atomic E-state index is -0.442. The molecule has 2 aromatic carbocycles. The highest BCUT2D eigenvalue weighted by Gasteiger charge is 2.16. The van der Waals surface area contributed by atoms with E-state index >= 15 is 0 Å². The topological polar surface area (TPSA) is 69.3 Å². The Bertz CT molecular complexity index is 1300. The van der Waals surface area contributed by atoms with Crippen molar-refractivity contribution >= 4 is 58.1 Å². The molecule has 1 amide bonds. The molecule has 0 aliphatic heterocycles. The van der Waals surface area contributed by atoms with Crippen molar-refractivity contribution in [3.63, 3.8) is 0 Å². The maximum atomic E-state index is 12.6. The predicted molar refractivity (Wildman–Crippen MR) is 130 cm³/mol. The van der Waals surface area contributed by atoms with E-state index in [1.807, 2.05) is 6.92 Å². The van der Waals surface area contributed by atoms with Crippen LogP contribution in [-0.2, 0) is 13.2 Å². The van der Waals surface area contributed by atoms with Crippen molar-refractivity contribution < 1.29 is 13.9 Å². The van der Waals surface area contributed by atoms with Crippen LogP contribution in [0.4, 0.5) is 5.82 Å². The SMILES string of the molecule is Cc1cc(NC(=O)c2ccc(COc3cccc(Cl)c3Cl)o2)nn1Cc1c(Cl)cccc1Cl. The lowest BCUT2D eigenvalue weighted by atomic mass is 10.2. The van der Waals surface area contributed by atoms with Crippen molar-refractivity contribution in [3.8, 4) is 5.75 Å². The van der Waals surface area contributed by atoms with Crippen molar-refractivity contribution in [1.29, 1.82) is 0 Å². The Balaban J connectivity index is 1.40. The Morgan fingerprint density at radius 1 is 1.03 bits per heavy atom. The van der Waals surface area contributed by atoms with Crippen LogP contribution in [0.3, 0.4) is 0 Å². The maximum Gasteiger partial charge on any atom is 0.292 e. The van der Waals surface area contributed by atoms with Crippen molar-refractivity contribution in [2.24, 2.45) is 0 Å². The van der Waals surface area contributed by atoms with Crippen LogP contribution < -0.4 is 10.1 Å². The molecule has 0 unspecified atom stereocenters. The van der Waals surface area contributed by atoms with Crippen LogP contribution in [-0.4, -0.2) is 15.7 Å². The molecule has 0 spiro atoms. The number of nitrogens with zero attached hydrogens (tertiary/aromatic N) is 2. The molecule has 0 fully saturated rings. The number of halogens is 4. The smallest absolute Gasteiger partial charge is 0.292 e. The van der Waals surface area contributed by atoms with Gasteiger partial charge in [-0.25, -0.2) is 0 Å². The summed E-state index contributed by atoms with van der Waals surface area (Å²) in [5.41, 5.74) is 1.58. The molecule has 2 heterocycles. The average Bonchev–Trinajstić information content (AvgIpc) is 3.38. The molecule has 0 saturated carbocycles. The fraction of sp³-hybridized carbons (Fsp3) is 0.130. The quantitative estimate of drug-likeness (QED) is 0.276. The van der Waals surface area contributed by atoms with Gasteiger partial charge < -0.3 is 14.5 Å². The van der Waals surface area contributed by atoms with Crippen molar-refractivity contribution in [2.75, 3.05) is 5.32 Å². The Labute approximate surface area is 210 Å². The van der Waals surface area contributed by atoms with Crippen LogP contribution in [0.1, 0.15) is 27.6 Å². The first kappa shape index (κ1) is 23.5. The van der Waals surface area contributed by atoms with Crippen molar-refractivity contribution in [2.45, 2.75) is 20.1 Å². The number of ether oxygens (including phenoxy) is 1. The molecule has 0 saturated heterocycles. The second-order valence-corrected chi connectivity index (χ2v) is 8.69. The van der Waals surface area contributed by atoms with Gasteiger partial charge in [-0.15, -0.1) is 0 Å². The van der Waals surface area contributed by atoms with Gasteiger partial charge in [-0.05, 0) is 43.3 Å². The predicted octanol–water partition coefficient (Wildman–Crippen LogP) is 7.28. The lowest BCUT2D eigenvalue weighted by molar-refractivity contribution is 0.0992.